The Hall–Kier alpha value is -1.06. The zero-order valence-electron chi connectivity index (χ0n) is 8.79. The van der Waals surface area contributed by atoms with Crippen molar-refractivity contribution in [1.29, 1.82) is 0 Å². The molecule has 2 nitrogen and oxygen atoms in total. The molecule has 2 aromatic rings. The molecule has 2 rings (SSSR count). The molecule has 0 fully saturated rings. The van der Waals surface area contributed by atoms with Crippen LogP contribution in [0.3, 0.4) is 0 Å². The summed E-state index contributed by atoms with van der Waals surface area (Å²) >= 11 is 12.1. The summed E-state index contributed by atoms with van der Waals surface area (Å²) in [5.74, 6) is 0. The molecule has 0 saturated carbocycles. The number of hydrogen-bond donors (Lipinski definition) is 2. The Morgan fingerprint density at radius 1 is 0.562 bits per heavy atom. The number of halogens is 2. The number of rotatable bonds is 1. The Kier molecular flexibility index (Phi) is 6.08. The van der Waals surface area contributed by atoms with Crippen LogP contribution < -0.4 is 12.3 Å². The minimum absolute atomic E-state index is 0. The average Bonchev–Trinajstić information content (AvgIpc) is 2.20. The van der Waals surface area contributed by atoms with Gasteiger partial charge in [-0.25, -0.2) is 0 Å². The average molecular weight is 257 g/mol. The fourth-order valence-corrected chi connectivity index (χ4v) is 1.83. The van der Waals surface area contributed by atoms with Crippen molar-refractivity contribution in [2.75, 3.05) is 0 Å². The van der Waals surface area contributed by atoms with Gasteiger partial charge >= 0.3 is 0 Å². The molecular formula is C12H14Cl2N2. The van der Waals surface area contributed by atoms with Crippen LogP contribution in [0, 0.1) is 0 Å². The van der Waals surface area contributed by atoms with Crippen LogP contribution in [-0.2, 0) is 0 Å². The standard InChI is InChI=1S/C12H8Cl2.2H3N/c13-11-7-3-1-5-9(11)10-6-2-4-8-12(10)14;;/h1-8H;2*1H3. The molecule has 0 atom stereocenters. The van der Waals surface area contributed by atoms with Gasteiger partial charge in [0.15, 0.2) is 0 Å². The van der Waals surface area contributed by atoms with Crippen molar-refractivity contribution in [1.82, 2.24) is 12.3 Å². The van der Waals surface area contributed by atoms with Crippen LogP contribution in [0.1, 0.15) is 0 Å². The predicted molar refractivity (Wildman–Crippen MR) is 71.9 cm³/mol. The van der Waals surface area contributed by atoms with Gasteiger partial charge in [0.2, 0.25) is 0 Å². The smallest absolute Gasteiger partial charge is 0.0484 e. The highest BCUT2D eigenvalue weighted by molar-refractivity contribution is 6.36. The fraction of sp³-hybridized carbons (Fsp3) is 0. The van der Waals surface area contributed by atoms with E-state index in [9.17, 15) is 0 Å². The van der Waals surface area contributed by atoms with Gasteiger partial charge in [0.05, 0.1) is 0 Å². The summed E-state index contributed by atoms with van der Waals surface area (Å²) in [4.78, 5) is 0. The van der Waals surface area contributed by atoms with Crippen molar-refractivity contribution in [3.8, 4) is 11.1 Å². The maximum Gasteiger partial charge on any atom is 0.0484 e. The van der Waals surface area contributed by atoms with E-state index >= 15 is 0 Å². The van der Waals surface area contributed by atoms with E-state index < -0.39 is 0 Å². The van der Waals surface area contributed by atoms with E-state index in [0.29, 0.717) is 0 Å². The molecule has 86 valence electrons. The van der Waals surface area contributed by atoms with Crippen LogP contribution in [0.15, 0.2) is 48.5 Å². The third-order valence-corrected chi connectivity index (χ3v) is 2.70. The second kappa shape index (κ2) is 6.51. The second-order valence-corrected chi connectivity index (χ2v) is 3.77. The molecule has 0 unspecified atom stereocenters. The van der Waals surface area contributed by atoms with Gasteiger partial charge in [0, 0.05) is 21.2 Å². The van der Waals surface area contributed by atoms with Crippen LogP contribution in [0.4, 0.5) is 0 Å². The zero-order chi connectivity index (χ0) is 9.97. The van der Waals surface area contributed by atoms with E-state index in [1.54, 1.807) is 0 Å². The van der Waals surface area contributed by atoms with Gasteiger partial charge in [0.25, 0.3) is 0 Å². The van der Waals surface area contributed by atoms with Gasteiger partial charge in [-0.3, -0.25) is 0 Å². The van der Waals surface area contributed by atoms with E-state index in [4.69, 9.17) is 23.2 Å². The monoisotopic (exact) mass is 256 g/mol. The van der Waals surface area contributed by atoms with Crippen LogP contribution >= 0.6 is 23.2 Å². The summed E-state index contributed by atoms with van der Waals surface area (Å²) in [7, 11) is 0. The highest BCUT2D eigenvalue weighted by Gasteiger charge is 2.04. The third kappa shape index (κ3) is 2.97. The summed E-state index contributed by atoms with van der Waals surface area (Å²) in [5, 5.41) is 1.45. The summed E-state index contributed by atoms with van der Waals surface area (Å²) in [6.07, 6.45) is 0. The molecule has 6 N–H and O–H groups in total. The highest BCUT2D eigenvalue weighted by Crippen LogP contribution is 2.32. The summed E-state index contributed by atoms with van der Waals surface area (Å²) in [6.45, 7) is 0. The molecule has 4 heteroatoms. The lowest BCUT2D eigenvalue weighted by molar-refractivity contribution is 1.62. The van der Waals surface area contributed by atoms with E-state index in [1.807, 2.05) is 48.5 Å². The van der Waals surface area contributed by atoms with Gasteiger partial charge < -0.3 is 12.3 Å². The van der Waals surface area contributed by atoms with Crippen LogP contribution in [0.25, 0.3) is 11.1 Å². The van der Waals surface area contributed by atoms with Crippen molar-refractivity contribution >= 4 is 23.2 Å². The first-order chi connectivity index (χ1) is 6.79. The van der Waals surface area contributed by atoms with Crippen LogP contribution in [0.2, 0.25) is 10.0 Å². The Morgan fingerprint density at radius 2 is 0.875 bits per heavy atom. The van der Waals surface area contributed by atoms with Crippen molar-refractivity contribution in [3.63, 3.8) is 0 Å². The van der Waals surface area contributed by atoms with Gasteiger partial charge in [0.1, 0.15) is 0 Å². The summed E-state index contributed by atoms with van der Waals surface area (Å²) < 4.78 is 0. The van der Waals surface area contributed by atoms with Crippen LogP contribution in [-0.4, -0.2) is 0 Å². The lowest BCUT2D eigenvalue weighted by Crippen LogP contribution is -1.79. The molecule has 0 bridgehead atoms. The number of hydrogen-bond acceptors (Lipinski definition) is 2. The Balaban J connectivity index is 0.00000112. The van der Waals surface area contributed by atoms with Gasteiger partial charge in [-0.15, -0.1) is 0 Å². The van der Waals surface area contributed by atoms with Gasteiger partial charge in [-0.05, 0) is 12.1 Å². The zero-order valence-corrected chi connectivity index (χ0v) is 10.3. The third-order valence-electron chi connectivity index (χ3n) is 2.04. The summed E-state index contributed by atoms with van der Waals surface area (Å²) in [5.41, 5.74) is 1.94. The maximum absolute atomic E-state index is 6.07. The van der Waals surface area contributed by atoms with Crippen molar-refractivity contribution in [2.45, 2.75) is 0 Å². The summed E-state index contributed by atoms with van der Waals surface area (Å²) in [6, 6.07) is 15.4. The largest absolute Gasteiger partial charge is 0.344 e. The van der Waals surface area contributed by atoms with Crippen LogP contribution in [0.5, 0.6) is 0 Å². The van der Waals surface area contributed by atoms with Gasteiger partial charge in [-0.2, -0.15) is 0 Å². The van der Waals surface area contributed by atoms with Crippen molar-refractivity contribution in [2.24, 2.45) is 0 Å². The molecule has 16 heavy (non-hydrogen) atoms. The highest BCUT2D eigenvalue weighted by atomic mass is 35.5. The first-order valence-electron chi connectivity index (χ1n) is 4.28. The first-order valence-corrected chi connectivity index (χ1v) is 5.04. The first kappa shape index (κ1) is 14.9. The molecule has 0 spiro atoms. The Bertz CT molecular complexity index is 415. The molecule has 0 aliphatic carbocycles. The van der Waals surface area contributed by atoms with Crippen molar-refractivity contribution < 1.29 is 0 Å². The minimum Gasteiger partial charge on any atom is -0.344 e. The Labute approximate surface area is 105 Å². The Morgan fingerprint density at radius 3 is 1.19 bits per heavy atom. The number of benzene rings is 2. The van der Waals surface area contributed by atoms with E-state index in [2.05, 4.69) is 0 Å². The fourth-order valence-electron chi connectivity index (χ4n) is 1.36. The normalized spacial score (nSPS) is 8.88. The molecule has 0 aromatic heterocycles. The van der Waals surface area contributed by atoms with E-state index in [1.165, 1.54) is 0 Å². The molecule has 0 aliphatic heterocycles. The molecule has 0 heterocycles. The molecule has 0 saturated heterocycles. The van der Waals surface area contributed by atoms with E-state index in [0.717, 1.165) is 21.2 Å². The lowest BCUT2D eigenvalue weighted by atomic mass is 10.1. The van der Waals surface area contributed by atoms with Gasteiger partial charge in [-0.1, -0.05) is 59.6 Å². The molecule has 0 aliphatic rings. The maximum atomic E-state index is 6.07. The minimum atomic E-state index is 0. The SMILES string of the molecule is Clc1ccccc1-c1ccccc1Cl.N.N. The lowest BCUT2D eigenvalue weighted by Gasteiger charge is -2.05. The molecule has 2 aromatic carbocycles. The van der Waals surface area contributed by atoms with E-state index in [-0.39, 0.29) is 12.3 Å². The second-order valence-electron chi connectivity index (χ2n) is 2.96. The molecule has 0 amide bonds. The molecular weight excluding hydrogens is 243 g/mol. The van der Waals surface area contributed by atoms with Crippen molar-refractivity contribution in [3.05, 3.63) is 58.6 Å². The quantitative estimate of drug-likeness (QED) is 0.755. The topological polar surface area (TPSA) is 70.0 Å². The molecule has 0 radical (unpaired) electrons. The predicted octanol–water partition coefficient (Wildman–Crippen LogP) is 4.98.